The Morgan fingerprint density at radius 1 is 0.684 bits per heavy atom. The molecule has 0 aliphatic carbocycles. The highest BCUT2D eigenvalue weighted by molar-refractivity contribution is 6.95. The van der Waals surface area contributed by atoms with Crippen molar-refractivity contribution in [2.45, 2.75) is 109 Å². The molecule has 0 atom stereocenters. The minimum Gasteiger partial charge on any atom is -0.176 e. The van der Waals surface area contributed by atoms with Gasteiger partial charge in [-0.1, -0.05) is 97.8 Å². The van der Waals surface area contributed by atoms with Gasteiger partial charge in [0.2, 0.25) is 0 Å². The van der Waals surface area contributed by atoms with E-state index in [1.807, 2.05) is 0 Å². The second-order valence-electron chi connectivity index (χ2n) is 6.94. The van der Waals surface area contributed by atoms with Crippen LogP contribution in [-0.4, -0.2) is 8.83 Å². The molecule has 0 unspecified atom stereocenters. The summed E-state index contributed by atoms with van der Waals surface area (Å²) in [6.07, 6.45) is 18.6. The molecule has 0 saturated heterocycles. The normalized spacial score (nSPS) is 12.6. The largest absolute Gasteiger partial charge is 0.176 e. The monoisotopic (exact) mass is 304 g/mol. The van der Waals surface area contributed by atoms with Crippen LogP contribution in [0.15, 0.2) is 0 Å². The van der Waals surface area contributed by atoms with Crippen LogP contribution in [0.3, 0.4) is 0 Å². The Labute approximate surface area is 129 Å². The summed E-state index contributed by atoms with van der Waals surface area (Å²) in [5.41, 5.74) is 0. The van der Waals surface area contributed by atoms with E-state index in [0.29, 0.717) is 5.04 Å². The smallest absolute Gasteiger partial charge is 0.130 e. The van der Waals surface area contributed by atoms with Gasteiger partial charge >= 0.3 is 0 Å². The number of hydrogen-bond acceptors (Lipinski definition) is 0. The van der Waals surface area contributed by atoms with Gasteiger partial charge in [0.05, 0.1) is 0 Å². The summed E-state index contributed by atoms with van der Waals surface area (Å²) in [6.45, 7) is 6.96. The maximum absolute atomic E-state index is 6.07. The lowest BCUT2D eigenvalue weighted by Crippen LogP contribution is -2.07. The van der Waals surface area contributed by atoms with Crippen LogP contribution in [0.25, 0.3) is 0 Å². The maximum atomic E-state index is 6.07. The van der Waals surface area contributed by atoms with Crippen LogP contribution in [0.2, 0.25) is 5.04 Å². The molecule has 0 spiro atoms. The molecule has 116 valence electrons. The Balaban J connectivity index is 3.07. The SMILES string of the molecule is CCCCCCCCCCCCCCC(C)(C)[SiH2]Cl. The molecule has 0 aromatic rings. The minimum absolute atomic E-state index is 0.346. The van der Waals surface area contributed by atoms with Gasteiger partial charge < -0.3 is 0 Å². The van der Waals surface area contributed by atoms with Crippen LogP contribution in [0.4, 0.5) is 0 Å². The fourth-order valence-corrected chi connectivity index (χ4v) is 3.30. The van der Waals surface area contributed by atoms with Gasteiger partial charge in [-0.3, -0.25) is 0 Å². The van der Waals surface area contributed by atoms with Gasteiger partial charge in [0.15, 0.2) is 0 Å². The van der Waals surface area contributed by atoms with Crippen molar-refractivity contribution in [1.29, 1.82) is 0 Å². The molecule has 0 amide bonds. The number of halogens is 1. The summed E-state index contributed by atoms with van der Waals surface area (Å²) in [5.74, 6) is 0. The van der Waals surface area contributed by atoms with E-state index in [4.69, 9.17) is 11.1 Å². The van der Waals surface area contributed by atoms with Crippen molar-refractivity contribution in [3.05, 3.63) is 0 Å². The Kier molecular flexibility index (Phi) is 13.8. The van der Waals surface area contributed by atoms with Crippen molar-refractivity contribution in [3.8, 4) is 0 Å². The molecule has 0 fully saturated rings. The summed E-state index contributed by atoms with van der Waals surface area (Å²) in [5, 5.41) is 0.486. The molecule has 0 saturated carbocycles. The standard InChI is InChI=1S/C17H37ClSi/c1-4-5-6-7-8-9-10-11-12-13-14-15-16-17(2,3)19-18/h4-16,19H2,1-3H3. The van der Waals surface area contributed by atoms with Crippen LogP contribution >= 0.6 is 11.1 Å². The molecular weight excluding hydrogens is 268 g/mol. The average Bonchev–Trinajstić information content (AvgIpc) is 2.40. The van der Waals surface area contributed by atoms with Gasteiger partial charge in [-0.2, -0.15) is 11.1 Å². The Morgan fingerprint density at radius 2 is 1.05 bits per heavy atom. The highest BCUT2D eigenvalue weighted by atomic mass is 35.6. The van der Waals surface area contributed by atoms with Gasteiger partial charge in [0, 0.05) is 0 Å². The van der Waals surface area contributed by atoms with Crippen molar-refractivity contribution in [1.82, 2.24) is 0 Å². The second-order valence-corrected chi connectivity index (χ2v) is 9.92. The zero-order valence-electron chi connectivity index (χ0n) is 13.8. The quantitative estimate of drug-likeness (QED) is 0.193. The van der Waals surface area contributed by atoms with Crippen LogP contribution in [-0.2, 0) is 0 Å². The van der Waals surface area contributed by atoms with Gasteiger partial charge in [-0.05, 0) is 11.5 Å². The van der Waals surface area contributed by atoms with Crippen LogP contribution in [0.1, 0.15) is 104 Å². The van der Waals surface area contributed by atoms with Crippen LogP contribution in [0.5, 0.6) is 0 Å². The maximum Gasteiger partial charge on any atom is 0.130 e. The van der Waals surface area contributed by atoms with Crippen molar-refractivity contribution in [2.24, 2.45) is 0 Å². The van der Waals surface area contributed by atoms with Crippen molar-refractivity contribution in [3.63, 3.8) is 0 Å². The third-order valence-electron chi connectivity index (χ3n) is 4.07. The van der Waals surface area contributed by atoms with Crippen molar-refractivity contribution >= 4 is 19.9 Å². The average molecular weight is 305 g/mol. The molecule has 0 N–H and O–H groups in total. The molecule has 0 nitrogen and oxygen atoms in total. The number of hydrogen-bond donors (Lipinski definition) is 0. The van der Waals surface area contributed by atoms with E-state index < -0.39 is 0 Å². The molecule has 0 bridgehead atoms. The topological polar surface area (TPSA) is 0 Å². The third-order valence-corrected chi connectivity index (χ3v) is 7.32. The van der Waals surface area contributed by atoms with E-state index in [1.165, 1.54) is 83.5 Å². The zero-order valence-corrected chi connectivity index (χ0v) is 15.9. The van der Waals surface area contributed by atoms with E-state index in [-0.39, 0.29) is 8.83 Å². The summed E-state index contributed by atoms with van der Waals surface area (Å²) in [7, 11) is -0.346. The van der Waals surface area contributed by atoms with Gasteiger partial charge in [-0.15, -0.1) is 0 Å². The summed E-state index contributed by atoms with van der Waals surface area (Å²) >= 11 is 6.07. The Morgan fingerprint density at radius 3 is 1.42 bits per heavy atom. The molecule has 0 aromatic heterocycles. The lowest BCUT2D eigenvalue weighted by Gasteiger charge is -2.20. The van der Waals surface area contributed by atoms with E-state index in [2.05, 4.69) is 20.8 Å². The molecule has 0 heterocycles. The Hall–Kier alpha value is 0.507. The number of unbranched alkanes of at least 4 members (excludes halogenated alkanes) is 11. The highest BCUT2D eigenvalue weighted by Gasteiger charge is 2.15. The first-order valence-electron chi connectivity index (χ1n) is 8.68. The highest BCUT2D eigenvalue weighted by Crippen LogP contribution is 2.31. The first-order valence-corrected chi connectivity index (χ1v) is 11.5. The molecule has 2 heteroatoms. The minimum atomic E-state index is -0.346. The molecule has 0 aliphatic heterocycles. The first-order chi connectivity index (χ1) is 9.12. The van der Waals surface area contributed by atoms with Gasteiger partial charge in [-0.25, -0.2) is 0 Å². The van der Waals surface area contributed by atoms with Gasteiger partial charge in [0.25, 0.3) is 0 Å². The molecular formula is C17H37ClSi. The predicted molar refractivity (Wildman–Crippen MR) is 94.1 cm³/mol. The number of rotatable bonds is 14. The second kappa shape index (κ2) is 13.5. The molecule has 0 aliphatic rings. The van der Waals surface area contributed by atoms with E-state index >= 15 is 0 Å². The summed E-state index contributed by atoms with van der Waals surface area (Å²) in [4.78, 5) is 0. The first kappa shape index (κ1) is 19.5. The summed E-state index contributed by atoms with van der Waals surface area (Å²) < 4.78 is 0. The molecule has 0 radical (unpaired) electrons. The van der Waals surface area contributed by atoms with Gasteiger partial charge in [0.1, 0.15) is 8.83 Å². The lowest BCUT2D eigenvalue weighted by molar-refractivity contribution is 0.513. The van der Waals surface area contributed by atoms with Crippen molar-refractivity contribution in [2.75, 3.05) is 0 Å². The Bertz CT molecular complexity index is 180. The third kappa shape index (κ3) is 14.7. The van der Waals surface area contributed by atoms with Crippen molar-refractivity contribution < 1.29 is 0 Å². The fraction of sp³-hybridized carbons (Fsp3) is 1.00. The van der Waals surface area contributed by atoms with Crippen LogP contribution < -0.4 is 0 Å². The van der Waals surface area contributed by atoms with E-state index in [0.717, 1.165) is 0 Å². The van der Waals surface area contributed by atoms with Crippen LogP contribution in [0, 0.1) is 0 Å². The predicted octanol–water partition coefficient (Wildman–Crippen LogP) is 6.60. The molecule has 0 rings (SSSR count). The molecule has 0 aromatic carbocycles. The zero-order chi connectivity index (χ0) is 14.4. The lowest BCUT2D eigenvalue weighted by atomic mass is 10.0. The van der Waals surface area contributed by atoms with E-state index in [9.17, 15) is 0 Å². The summed E-state index contributed by atoms with van der Waals surface area (Å²) in [6, 6.07) is 0. The van der Waals surface area contributed by atoms with E-state index in [1.54, 1.807) is 0 Å². The fourth-order valence-electron chi connectivity index (χ4n) is 2.51. The molecule has 19 heavy (non-hydrogen) atoms.